The lowest BCUT2D eigenvalue weighted by molar-refractivity contribution is -0.146. The average molecular weight is 318 g/mol. The van der Waals surface area contributed by atoms with Crippen molar-refractivity contribution in [2.24, 2.45) is 0 Å². The maximum atomic E-state index is 11.9. The summed E-state index contributed by atoms with van der Waals surface area (Å²) < 4.78 is 9.72. The Bertz CT molecular complexity index is 372. The number of methoxy groups -OCH3 is 1. The van der Waals surface area contributed by atoms with Crippen LogP contribution in [-0.2, 0) is 23.9 Å². The van der Waals surface area contributed by atoms with Gasteiger partial charge in [-0.3, -0.25) is 14.4 Å². The molecule has 1 heterocycles. The van der Waals surface area contributed by atoms with Crippen molar-refractivity contribution in [3.63, 3.8) is 0 Å². The molecule has 0 aromatic heterocycles. The third kappa shape index (κ3) is 6.34. The second-order valence-electron chi connectivity index (χ2n) is 4.47. The molecule has 8 heteroatoms. The zero-order chi connectivity index (χ0) is 15.7. The molecular formula is C13H22N2O5S. The molecule has 0 saturated carbocycles. The Morgan fingerprint density at radius 3 is 2.48 bits per heavy atom. The van der Waals surface area contributed by atoms with Crippen LogP contribution in [0, 0.1) is 0 Å². The Balaban J connectivity index is 2.27. The first-order valence-electron chi connectivity index (χ1n) is 6.86. The van der Waals surface area contributed by atoms with Gasteiger partial charge < -0.3 is 19.3 Å². The molecule has 2 amide bonds. The van der Waals surface area contributed by atoms with E-state index in [1.54, 1.807) is 11.8 Å². The van der Waals surface area contributed by atoms with E-state index in [0.717, 1.165) is 0 Å². The molecule has 21 heavy (non-hydrogen) atoms. The van der Waals surface area contributed by atoms with Crippen molar-refractivity contribution in [3.8, 4) is 0 Å². The van der Waals surface area contributed by atoms with E-state index in [2.05, 4.69) is 4.74 Å². The molecule has 1 aliphatic rings. The SMILES string of the molecule is CCN(CC(=O)OC)C(=O)CSCC(=O)N1CCOCC1. The number of hydrogen-bond donors (Lipinski definition) is 0. The highest BCUT2D eigenvalue weighted by Gasteiger charge is 2.19. The average Bonchev–Trinajstić information content (AvgIpc) is 2.52. The molecule has 1 fully saturated rings. The second-order valence-corrected chi connectivity index (χ2v) is 5.46. The Kier molecular flexibility index (Phi) is 8.14. The highest BCUT2D eigenvalue weighted by atomic mass is 32.2. The van der Waals surface area contributed by atoms with Crippen LogP contribution in [0.1, 0.15) is 6.92 Å². The monoisotopic (exact) mass is 318 g/mol. The van der Waals surface area contributed by atoms with Gasteiger partial charge in [-0.25, -0.2) is 0 Å². The maximum Gasteiger partial charge on any atom is 0.325 e. The minimum atomic E-state index is -0.445. The van der Waals surface area contributed by atoms with Crippen LogP contribution < -0.4 is 0 Å². The van der Waals surface area contributed by atoms with E-state index < -0.39 is 5.97 Å². The lowest BCUT2D eigenvalue weighted by Gasteiger charge is -2.26. The molecule has 0 aromatic rings. The summed E-state index contributed by atoms with van der Waals surface area (Å²) in [4.78, 5) is 38.2. The molecule has 120 valence electrons. The third-order valence-corrected chi connectivity index (χ3v) is 4.00. The summed E-state index contributed by atoms with van der Waals surface area (Å²) >= 11 is 1.27. The highest BCUT2D eigenvalue weighted by molar-refractivity contribution is 8.00. The molecule has 0 N–H and O–H groups in total. The third-order valence-electron chi connectivity index (χ3n) is 3.10. The predicted octanol–water partition coefficient (Wildman–Crippen LogP) is -0.400. The number of thioether (sulfide) groups is 1. The van der Waals surface area contributed by atoms with E-state index in [0.29, 0.717) is 32.8 Å². The smallest absolute Gasteiger partial charge is 0.325 e. The number of ether oxygens (including phenoxy) is 2. The molecule has 0 aromatic carbocycles. The van der Waals surface area contributed by atoms with Crippen molar-refractivity contribution in [2.45, 2.75) is 6.92 Å². The summed E-state index contributed by atoms with van der Waals surface area (Å²) in [6.45, 7) is 4.53. The molecule has 1 rings (SSSR count). The molecule has 1 saturated heterocycles. The fourth-order valence-electron chi connectivity index (χ4n) is 1.82. The zero-order valence-electron chi connectivity index (χ0n) is 12.5. The van der Waals surface area contributed by atoms with E-state index >= 15 is 0 Å². The van der Waals surface area contributed by atoms with E-state index in [-0.39, 0.29) is 29.9 Å². The van der Waals surface area contributed by atoms with Crippen molar-refractivity contribution in [3.05, 3.63) is 0 Å². The molecule has 0 atom stereocenters. The minimum Gasteiger partial charge on any atom is -0.468 e. The van der Waals surface area contributed by atoms with Gasteiger partial charge in [0.15, 0.2) is 0 Å². The molecular weight excluding hydrogens is 296 g/mol. The van der Waals surface area contributed by atoms with Crippen molar-refractivity contribution in [1.82, 2.24) is 9.80 Å². The molecule has 0 unspecified atom stereocenters. The number of nitrogens with zero attached hydrogens (tertiary/aromatic N) is 2. The summed E-state index contributed by atoms with van der Waals surface area (Å²) in [5.74, 6) is -0.142. The van der Waals surface area contributed by atoms with Gasteiger partial charge in [0.05, 0.1) is 31.8 Å². The van der Waals surface area contributed by atoms with Crippen LogP contribution in [-0.4, -0.2) is 85.6 Å². The van der Waals surface area contributed by atoms with Gasteiger partial charge in [-0.15, -0.1) is 11.8 Å². The number of hydrogen-bond acceptors (Lipinski definition) is 6. The highest BCUT2D eigenvalue weighted by Crippen LogP contribution is 2.07. The molecule has 0 radical (unpaired) electrons. The Labute approximate surface area is 128 Å². The Morgan fingerprint density at radius 1 is 1.24 bits per heavy atom. The van der Waals surface area contributed by atoms with E-state index in [1.165, 1.54) is 23.8 Å². The first-order valence-corrected chi connectivity index (χ1v) is 8.01. The topological polar surface area (TPSA) is 76.2 Å². The van der Waals surface area contributed by atoms with Crippen LogP contribution in [0.15, 0.2) is 0 Å². The van der Waals surface area contributed by atoms with E-state index in [9.17, 15) is 14.4 Å². The quantitative estimate of drug-likeness (QED) is 0.595. The van der Waals surface area contributed by atoms with Gasteiger partial charge in [0.1, 0.15) is 6.54 Å². The number of morpholine rings is 1. The van der Waals surface area contributed by atoms with Crippen molar-refractivity contribution >= 4 is 29.5 Å². The normalized spacial score (nSPS) is 14.7. The minimum absolute atomic E-state index is 0.0205. The van der Waals surface area contributed by atoms with Crippen LogP contribution in [0.25, 0.3) is 0 Å². The first-order chi connectivity index (χ1) is 10.1. The summed E-state index contributed by atoms with van der Waals surface area (Å²) in [5.41, 5.74) is 0. The summed E-state index contributed by atoms with van der Waals surface area (Å²) in [6, 6.07) is 0. The van der Waals surface area contributed by atoms with Gasteiger partial charge in [0.25, 0.3) is 0 Å². The van der Waals surface area contributed by atoms with E-state index in [1.807, 2.05) is 0 Å². The lowest BCUT2D eigenvalue weighted by atomic mass is 10.4. The number of carbonyl (C=O) groups is 3. The molecule has 1 aliphatic heterocycles. The van der Waals surface area contributed by atoms with Crippen LogP contribution in [0.4, 0.5) is 0 Å². The maximum absolute atomic E-state index is 11.9. The zero-order valence-corrected chi connectivity index (χ0v) is 13.3. The van der Waals surface area contributed by atoms with Gasteiger partial charge in [0, 0.05) is 19.6 Å². The first kappa shape index (κ1) is 17.8. The van der Waals surface area contributed by atoms with Gasteiger partial charge >= 0.3 is 5.97 Å². The fraction of sp³-hybridized carbons (Fsp3) is 0.769. The van der Waals surface area contributed by atoms with Gasteiger partial charge in [0.2, 0.25) is 11.8 Å². The standard InChI is InChI=1S/C13H22N2O5S/c1-3-14(8-13(18)19-2)11(16)9-21-10-12(17)15-4-6-20-7-5-15/h3-10H2,1-2H3. The number of amides is 2. The molecule has 0 bridgehead atoms. The molecule has 7 nitrogen and oxygen atoms in total. The number of esters is 1. The van der Waals surface area contributed by atoms with Crippen molar-refractivity contribution < 1.29 is 23.9 Å². The van der Waals surface area contributed by atoms with Crippen LogP contribution in [0.3, 0.4) is 0 Å². The van der Waals surface area contributed by atoms with Crippen LogP contribution in [0.2, 0.25) is 0 Å². The summed E-state index contributed by atoms with van der Waals surface area (Å²) in [6.07, 6.45) is 0. The Hall–Kier alpha value is -1.28. The second kappa shape index (κ2) is 9.62. The lowest BCUT2D eigenvalue weighted by Crippen LogP contribution is -2.42. The van der Waals surface area contributed by atoms with Gasteiger partial charge in [-0.1, -0.05) is 0 Å². The van der Waals surface area contributed by atoms with Crippen LogP contribution in [0.5, 0.6) is 0 Å². The van der Waals surface area contributed by atoms with Gasteiger partial charge in [-0.2, -0.15) is 0 Å². The summed E-state index contributed by atoms with van der Waals surface area (Å²) in [5, 5.41) is 0. The number of likely N-dealkylation sites (N-methyl/N-ethyl adjacent to an activating group) is 1. The predicted molar refractivity (Wildman–Crippen MR) is 79.0 cm³/mol. The van der Waals surface area contributed by atoms with Crippen molar-refractivity contribution in [1.29, 1.82) is 0 Å². The van der Waals surface area contributed by atoms with Gasteiger partial charge in [-0.05, 0) is 6.92 Å². The van der Waals surface area contributed by atoms with Crippen molar-refractivity contribution in [2.75, 3.05) is 58.0 Å². The molecule has 0 spiro atoms. The largest absolute Gasteiger partial charge is 0.468 e. The Morgan fingerprint density at radius 2 is 1.90 bits per heavy atom. The number of rotatable bonds is 7. The number of carbonyl (C=O) groups excluding carboxylic acids is 3. The van der Waals surface area contributed by atoms with E-state index in [4.69, 9.17) is 4.74 Å². The molecule has 0 aliphatic carbocycles. The fourth-order valence-corrected chi connectivity index (χ4v) is 2.63. The summed E-state index contributed by atoms with van der Waals surface area (Å²) in [7, 11) is 1.29. The van der Waals surface area contributed by atoms with Crippen LogP contribution >= 0.6 is 11.8 Å².